The standard InChI is InChI=1S/C16H17N3O2S/c1-11-7-18-12(8-17-11)9-19-15(20)10-22-16(19)13-5-3-4-6-14(13)21-2/h3-8,16H,9-10H2,1-2H3. The number of nitrogens with zero attached hydrogens (tertiary/aromatic N) is 3. The van der Waals surface area contributed by atoms with Gasteiger partial charge in [-0.05, 0) is 13.0 Å². The van der Waals surface area contributed by atoms with Crippen molar-refractivity contribution in [3.05, 3.63) is 53.6 Å². The van der Waals surface area contributed by atoms with Crippen LogP contribution in [0.4, 0.5) is 0 Å². The van der Waals surface area contributed by atoms with E-state index in [1.165, 1.54) is 0 Å². The van der Waals surface area contributed by atoms with Gasteiger partial charge in [0.05, 0.1) is 37.0 Å². The van der Waals surface area contributed by atoms with Gasteiger partial charge >= 0.3 is 0 Å². The fourth-order valence-electron chi connectivity index (χ4n) is 2.43. The van der Waals surface area contributed by atoms with E-state index in [0.717, 1.165) is 22.7 Å². The molecule has 0 saturated carbocycles. The van der Waals surface area contributed by atoms with Crippen LogP contribution in [0.1, 0.15) is 22.3 Å². The van der Waals surface area contributed by atoms with Crippen LogP contribution >= 0.6 is 11.8 Å². The van der Waals surface area contributed by atoms with Crippen molar-refractivity contribution in [1.29, 1.82) is 0 Å². The van der Waals surface area contributed by atoms with E-state index in [0.29, 0.717) is 12.3 Å². The van der Waals surface area contributed by atoms with Crippen molar-refractivity contribution >= 4 is 17.7 Å². The molecule has 1 aliphatic heterocycles. The van der Waals surface area contributed by atoms with Gasteiger partial charge in [0.2, 0.25) is 5.91 Å². The summed E-state index contributed by atoms with van der Waals surface area (Å²) in [6.45, 7) is 2.35. The lowest BCUT2D eigenvalue weighted by molar-refractivity contribution is -0.128. The molecule has 0 aliphatic carbocycles. The molecule has 1 saturated heterocycles. The van der Waals surface area contributed by atoms with Crippen LogP contribution in [-0.2, 0) is 11.3 Å². The lowest BCUT2D eigenvalue weighted by atomic mass is 10.1. The maximum Gasteiger partial charge on any atom is 0.234 e. The molecule has 1 unspecified atom stereocenters. The topological polar surface area (TPSA) is 55.3 Å². The second-order valence-electron chi connectivity index (χ2n) is 5.08. The minimum absolute atomic E-state index is 0.0493. The van der Waals surface area contributed by atoms with Gasteiger partial charge in [-0.15, -0.1) is 11.8 Å². The third kappa shape index (κ3) is 2.92. The molecule has 22 heavy (non-hydrogen) atoms. The minimum atomic E-state index is -0.0493. The maximum absolute atomic E-state index is 12.2. The lowest BCUT2D eigenvalue weighted by Gasteiger charge is -2.25. The van der Waals surface area contributed by atoms with Gasteiger partial charge in [-0.2, -0.15) is 0 Å². The van der Waals surface area contributed by atoms with Crippen LogP contribution in [0.25, 0.3) is 0 Å². The molecule has 1 aromatic heterocycles. The summed E-state index contributed by atoms with van der Waals surface area (Å²) < 4.78 is 5.43. The van der Waals surface area contributed by atoms with Crippen LogP contribution in [0.5, 0.6) is 5.75 Å². The summed E-state index contributed by atoms with van der Waals surface area (Å²) in [6.07, 6.45) is 3.45. The van der Waals surface area contributed by atoms with Crippen LogP contribution in [-0.4, -0.2) is 33.6 Å². The Morgan fingerprint density at radius 2 is 2.14 bits per heavy atom. The minimum Gasteiger partial charge on any atom is -0.496 e. The zero-order valence-corrected chi connectivity index (χ0v) is 13.3. The zero-order chi connectivity index (χ0) is 15.5. The van der Waals surface area contributed by atoms with Crippen molar-refractivity contribution in [2.45, 2.75) is 18.8 Å². The first-order valence-electron chi connectivity index (χ1n) is 7.00. The zero-order valence-electron chi connectivity index (χ0n) is 12.5. The Hall–Kier alpha value is -2.08. The molecule has 5 nitrogen and oxygen atoms in total. The van der Waals surface area contributed by atoms with Gasteiger partial charge in [-0.3, -0.25) is 14.8 Å². The first-order valence-corrected chi connectivity index (χ1v) is 8.05. The SMILES string of the molecule is COc1ccccc1C1SCC(=O)N1Cc1cnc(C)cn1. The fourth-order valence-corrected chi connectivity index (χ4v) is 3.64. The largest absolute Gasteiger partial charge is 0.496 e. The highest BCUT2D eigenvalue weighted by atomic mass is 32.2. The average Bonchev–Trinajstić information content (AvgIpc) is 2.90. The van der Waals surface area contributed by atoms with E-state index in [9.17, 15) is 4.79 Å². The molecule has 1 fully saturated rings. The predicted molar refractivity (Wildman–Crippen MR) is 85.5 cm³/mol. The summed E-state index contributed by atoms with van der Waals surface area (Å²) in [5.41, 5.74) is 2.68. The third-order valence-corrected chi connectivity index (χ3v) is 4.78. The molecular formula is C16H17N3O2S. The Labute approximate surface area is 133 Å². The van der Waals surface area contributed by atoms with Crippen LogP contribution < -0.4 is 4.74 Å². The van der Waals surface area contributed by atoms with E-state index in [1.54, 1.807) is 31.3 Å². The summed E-state index contributed by atoms with van der Waals surface area (Å²) >= 11 is 1.61. The molecule has 1 aromatic carbocycles. The summed E-state index contributed by atoms with van der Waals surface area (Å²) in [7, 11) is 1.65. The highest BCUT2D eigenvalue weighted by molar-refractivity contribution is 8.00. The number of carbonyl (C=O) groups excluding carboxylic acids is 1. The number of hydrogen-bond acceptors (Lipinski definition) is 5. The third-order valence-electron chi connectivity index (χ3n) is 3.54. The lowest BCUT2D eigenvalue weighted by Crippen LogP contribution is -2.28. The molecule has 1 aliphatic rings. The highest BCUT2D eigenvalue weighted by Crippen LogP contribution is 2.42. The molecule has 1 amide bonds. The van der Waals surface area contributed by atoms with Crippen molar-refractivity contribution in [3.63, 3.8) is 0 Å². The monoisotopic (exact) mass is 315 g/mol. The molecule has 2 heterocycles. The van der Waals surface area contributed by atoms with E-state index >= 15 is 0 Å². The van der Waals surface area contributed by atoms with Crippen molar-refractivity contribution in [2.24, 2.45) is 0 Å². The van der Waals surface area contributed by atoms with Gasteiger partial charge in [0, 0.05) is 11.8 Å². The normalized spacial score (nSPS) is 17.8. The van der Waals surface area contributed by atoms with Crippen LogP contribution in [0.2, 0.25) is 0 Å². The highest BCUT2D eigenvalue weighted by Gasteiger charge is 2.34. The number of hydrogen-bond donors (Lipinski definition) is 0. The molecule has 2 aromatic rings. The van der Waals surface area contributed by atoms with Gasteiger partial charge in [0.25, 0.3) is 0 Å². The molecule has 114 valence electrons. The summed E-state index contributed by atoms with van der Waals surface area (Å²) in [5.74, 6) is 1.39. The number of para-hydroxylation sites is 1. The smallest absolute Gasteiger partial charge is 0.234 e. The van der Waals surface area contributed by atoms with E-state index in [1.807, 2.05) is 36.1 Å². The van der Waals surface area contributed by atoms with E-state index in [4.69, 9.17) is 4.74 Å². The second kappa shape index (κ2) is 6.36. The molecule has 0 radical (unpaired) electrons. The van der Waals surface area contributed by atoms with Gasteiger partial charge in [-0.1, -0.05) is 18.2 Å². The molecule has 3 rings (SSSR count). The first kappa shape index (κ1) is 14.8. The Morgan fingerprint density at radius 1 is 1.32 bits per heavy atom. The molecule has 1 atom stereocenters. The quantitative estimate of drug-likeness (QED) is 0.868. The van der Waals surface area contributed by atoms with Crippen molar-refractivity contribution in [1.82, 2.24) is 14.9 Å². The summed E-state index contributed by atoms with van der Waals surface area (Å²) in [4.78, 5) is 22.7. The van der Waals surface area contributed by atoms with Crippen molar-refractivity contribution < 1.29 is 9.53 Å². The molecule has 6 heteroatoms. The van der Waals surface area contributed by atoms with Crippen LogP contribution in [0.15, 0.2) is 36.7 Å². The fraction of sp³-hybridized carbons (Fsp3) is 0.312. The number of amides is 1. The number of rotatable bonds is 4. The maximum atomic E-state index is 12.2. The number of methoxy groups -OCH3 is 1. The number of thioether (sulfide) groups is 1. The second-order valence-corrected chi connectivity index (χ2v) is 6.14. The Kier molecular flexibility index (Phi) is 4.29. The van der Waals surface area contributed by atoms with Crippen molar-refractivity contribution in [3.8, 4) is 5.75 Å². The number of carbonyl (C=O) groups is 1. The van der Waals surface area contributed by atoms with Gasteiger partial charge in [0.1, 0.15) is 11.1 Å². The number of aromatic nitrogens is 2. The summed E-state index contributed by atoms with van der Waals surface area (Å²) in [5, 5.41) is -0.0493. The molecule has 0 N–H and O–H groups in total. The van der Waals surface area contributed by atoms with E-state index < -0.39 is 0 Å². The van der Waals surface area contributed by atoms with Gasteiger partial charge in [0.15, 0.2) is 0 Å². The number of ether oxygens (including phenoxy) is 1. The van der Waals surface area contributed by atoms with Crippen LogP contribution in [0.3, 0.4) is 0 Å². The van der Waals surface area contributed by atoms with Crippen molar-refractivity contribution in [2.75, 3.05) is 12.9 Å². The molecule has 0 spiro atoms. The number of benzene rings is 1. The van der Waals surface area contributed by atoms with Gasteiger partial charge < -0.3 is 9.64 Å². The van der Waals surface area contributed by atoms with E-state index in [-0.39, 0.29) is 11.3 Å². The predicted octanol–water partition coefficient (Wildman–Crippen LogP) is 2.57. The Balaban J connectivity index is 1.87. The number of aryl methyl sites for hydroxylation is 1. The summed E-state index contributed by atoms with van der Waals surface area (Å²) in [6, 6.07) is 7.82. The first-order chi connectivity index (χ1) is 10.7. The molecule has 0 bridgehead atoms. The van der Waals surface area contributed by atoms with E-state index in [2.05, 4.69) is 9.97 Å². The van der Waals surface area contributed by atoms with Crippen LogP contribution in [0, 0.1) is 6.92 Å². The van der Waals surface area contributed by atoms with Gasteiger partial charge in [-0.25, -0.2) is 0 Å². The average molecular weight is 315 g/mol. The Morgan fingerprint density at radius 3 is 2.86 bits per heavy atom. The molecular weight excluding hydrogens is 298 g/mol. The Bertz CT molecular complexity index is 675.